The summed E-state index contributed by atoms with van der Waals surface area (Å²) in [5, 5.41) is 0. The summed E-state index contributed by atoms with van der Waals surface area (Å²) in [4.78, 5) is 17.6. The zero-order chi connectivity index (χ0) is 21.1. The molecule has 2 heterocycles. The number of aryl methyl sites for hydroxylation is 1. The molecule has 0 atom stereocenters. The van der Waals surface area contributed by atoms with Crippen molar-refractivity contribution in [3.8, 4) is 5.75 Å². The third-order valence-corrected chi connectivity index (χ3v) is 8.15. The first-order valence-corrected chi connectivity index (χ1v) is 12.9. The van der Waals surface area contributed by atoms with Crippen molar-refractivity contribution in [1.82, 2.24) is 9.80 Å². The lowest BCUT2D eigenvalue weighted by Gasteiger charge is -2.45. The van der Waals surface area contributed by atoms with E-state index in [1.807, 2.05) is 0 Å². The fourth-order valence-electron chi connectivity index (χ4n) is 5.74. The number of carbonyl (C=O) groups is 1. The van der Waals surface area contributed by atoms with Gasteiger partial charge in [-0.3, -0.25) is 9.69 Å². The van der Waals surface area contributed by atoms with Crippen molar-refractivity contribution < 1.29 is 9.53 Å². The Hall–Kier alpha value is -1.55. The van der Waals surface area contributed by atoms with Gasteiger partial charge in [0.1, 0.15) is 12.4 Å². The molecule has 31 heavy (non-hydrogen) atoms. The highest BCUT2D eigenvalue weighted by Gasteiger charge is 2.39. The van der Waals surface area contributed by atoms with Crippen LogP contribution >= 0.6 is 0 Å². The molecular weight excluding hydrogens is 384 g/mol. The summed E-state index contributed by atoms with van der Waals surface area (Å²) in [5.41, 5.74) is 1.75. The maximum Gasteiger partial charge on any atom is 0.222 e. The summed E-state index contributed by atoms with van der Waals surface area (Å²) in [5.74, 6) is 3.11. The zero-order valence-electron chi connectivity index (χ0n) is 19.2. The Balaban J connectivity index is 1.25. The van der Waals surface area contributed by atoms with E-state index in [1.165, 1.54) is 76.4 Å². The van der Waals surface area contributed by atoms with Crippen LogP contribution in [0.1, 0.15) is 69.8 Å². The minimum absolute atomic E-state index is 0.379. The number of amides is 1. The van der Waals surface area contributed by atoms with Crippen LogP contribution in [0.15, 0.2) is 24.3 Å². The molecule has 4 heteroatoms. The van der Waals surface area contributed by atoms with Gasteiger partial charge in [0.05, 0.1) is 0 Å². The van der Waals surface area contributed by atoms with Gasteiger partial charge < -0.3 is 9.64 Å². The number of carbonyl (C=O) groups excluding carboxylic acids is 1. The molecule has 2 saturated carbocycles. The average Bonchev–Trinajstić information content (AvgIpc) is 3.69. The van der Waals surface area contributed by atoms with Gasteiger partial charge in [-0.25, -0.2) is 0 Å². The molecule has 2 aliphatic carbocycles. The van der Waals surface area contributed by atoms with Crippen LogP contribution < -0.4 is 4.74 Å². The molecule has 4 aliphatic rings. The summed E-state index contributed by atoms with van der Waals surface area (Å²) in [6, 6.07) is 8.62. The number of ether oxygens (including phenoxy) is 1. The number of para-hydroxylation sites is 1. The molecule has 1 spiro atoms. The third kappa shape index (κ3) is 5.83. The van der Waals surface area contributed by atoms with Gasteiger partial charge in [-0.15, -0.1) is 0 Å². The van der Waals surface area contributed by atoms with Gasteiger partial charge in [0.2, 0.25) is 5.91 Å². The molecule has 170 valence electrons. The Morgan fingerprint density at radius 2 is 1.74 bits per heavy atom. The molecule has 0 N–H and O–H groups in total. The van der Waals surface area contributed by atoms with Gasteiger partial charge in [0, 0.05) is 39.1 Å². The second-order valence-corrected chi connectivity index (χ2v) is 10.9. The molecule has 5 rings (SSSR count). The lowest BCUT2D eigenvalue weighted by molar-refractivity contribution is -0.134. The fourth-order valence-corrected chi connectivity index (χ4v) is 5.74. The standard InChI is InChI=1S/C27H40N2O2/c30-26(19-22-8-9-22)29-15-13-27(14-16-29)12-4-3-6-24-5-1-2-7-25(24)31-18-17-28(21-27)20-23-10-11-23/h1-2,5,7,22-23H,3-4,6,8-21H2. The lowest BCUT2D eigenvalue weighted by atomic mass is 9.73. The minimum atomic E-state index is 0.379. The van der Waals surface area contributed by atoms with E-state index in [2.05, 4.69) is 34.1 Å². The van der Waals surface area contributed by atoms with E-state index < -0.39 is 0 Å². The first-order chi connectivity index (χ1) is 15.2. The van der Waals surface area contributed by atoms with Crippen LogP contribution in [-0.2, 0) is 11.2 Å². The van der Waals surface area contributed by atoms with Crippen molar-refractivity contribution >= 4 is 5.91 Å². The Morgan fingerprint density at radius 1 is 0.968 bits per heavy atom. The van der Waals surface area contributed by atoms with E-state index in [0.29, 0.717) is 17.2 Å². The number of hydrogen-bond donors (Lipinski definition) is 0. The van der Waals surface area contributed by atoms with Crippen molar-refractivity contribution in [2.75, 3.05) is 39.3 Å². The smallest absolute Gasteiger partial charge is 0.222 e. The van der Waals surface area contributed by atoms with E-state index in [-0.39, 0.29) is 0 Å². The lowest BCUT2D eigenvalue weighted by Crippen LogP contribution is -2.49. The van der Waals surface area contributed by atoms with Gasteiger partial charge in [-0.2, -0.15) is 0 Å². The van der Waals surface area contributed by atoms with Crippen molar-refractivity contribution in [1.29, 1.82) is 0 Å². The van der Waals surface area contributed by atoms with E-state index in [4.69, 9.17) is 4.74 Å². The van der Waals surface area contributed by atoms with Gasteiger partial charge in [-0.05, 0) is 86.7 Å². The molecule has 0 unspecified atom stereocenters. The number of nitrogens with zero attached hydrogens (tertiary/aromatic N) is 2. The molecule has 1 aromatic rings. The maximum atomic E-state index is 12.7. The van der Waals surface area contributed by atoms with Crippen molar-refractivity contribution in [3.05, 3.63) is 29.8 Å². The summed E-state index contributed by atoms with van der Waals surface area (Å²) in [7, 11) is 0. The number of piperidine rings is 1. The molecule has 1 saturated heterocycles. The van der Waals surface area contributed by atoms with Crippen molar-refractivity contribution in [2.45, 2.75) is 70.6 Å². The predicted molar refractivity (Wildman–Crippen MR) is 124 cm³/mol. The molecule has 0 bridgehead atoms. The van der Waals surface area contributed by atoms with Crippen LogP contribution in [0.2, 0.25) is 0 Å². The van der Waals surface area contributed by atoms with Crippen LogP contribution in [0, 0.1) is 17.3 Å². The Labute approximate surface area is 188 Å². The topological polar surface area (TPSA) is 32.8 Å². The number of hydrogen-bond acceptors (Lipinski definition) is 3. The number of likely N-dealkylation sites (tertiary alicyclic amines) is 1. The second-order valence-electron chi connectivity index (χ2n) is 10.9. The molecule has 2 aliphatic heterocycles. The number of fused-ring (bicyclic) bond motifs is 1. The van der Waals surface area contributed by atoms with Gasteiger partial charge in [0.25, 0.3) is 0 Å². The van der Waals surface area contributed by atoms with Crippen LogP contribution in [0.5, 0.6) is 5.75 Å². The summed E-state index contributed by atoms with van der Waals surface area (Å²) < 4.78 is 6.27. The molecule has 1 amide bonds. The number of benzene rings is 1. The molecule has 1 aromatic carbocycles. The van der Waals surface area contributed by atoms with E-state index in [9.17, 15) is 4.79 Å². The average molecular weight is 425 g/mol. The highest BCUT2D eigenvalue weighted by molar-refractivity contribution is 5.76. The molecular formula is C27H40N2O2. The predicted octanol–water partition coefficient (Wildman–Crippen LogP) is 4.91. The zero-order valence-corrected chi connectivity index (χ0v) is 19.2. The number of rotatable bonds is 4. The van der Waals surface area contributed by atoms with Crippen LogP contribution in [0.25, 0.3) is 0 Å². The normalized spacial score (nSPS) is 25.2. The largest absolute Gasteiger partial charge is 0.492 e. The molecule has 0 radical (unpaired) electrons. The minimum Gasteiger partial charge on any atom is -0.492 e. The summed E-state index contributed by atoms with van der Waals surface area (Å²) in [6.45, 7) is 6.18. The van der Waals surface area contributed by atoms with Crippen LogP contribution in [0.3, 0.4) is 0 Å². The highest BCUT2D eigenvalue weighted by atomic mass is 16.5. The SMILES string of the molecule is O=C(CC1CC1)N1CCC2(CCCCc3ccccc3OCCN(CC3CC3)C2)CC1. The second kappa shape index (κ2) is 9.52. The molecule has 0 aromatic heterocycles. The first kappa shape index (κ1) is 21.3. The van der Waals surface area contributed by atoms with E-state index >= 15 is 0 Å². The van der Waals surface area contributed by atoms with Gasteiger partial charge in [0.15, 0.2) is 0 Å². The van der Waals surface area contributed by atoms with Crippen LogP contribution in [-0.4, -0.2) is 55.0 Å². The van der Waals surface area contributed by atoms with E-state index in [0.717, 1.165) is 50.8 Å². The van der Waals surface area contributed by atoms with Crippen molar-refractivity contribution in [2.24, 2.45) is 17.3 Å². The van der Waals surface area contributed by atoms with Gasteiger partial charge >= 0.3 is 0 Å². The quantitative estimate of drug-likeness (QED) is 0.688. The summed E-state index contributed by atoms with van der Waals surface area (Å²) in [6.07, 6.45) is 13.4. The van der Waals surface area contributed by atoms with Crippen LogP contribution in [0.4, 0.5) is 0 Å². The Bertz CT molecular complexity index is 747. The maximum absolute atomic E-state index is 12.7. The third-order valence-electron chi connectivity index (χ3n) is 8.15. The van der Waals surface area contributed by atoms with E-state index in [1.54, 1.807) is 0 Å². The fraction of sp³-hybridized carbons (Fsp3) is 0.741. The van der Waals surface area contributed by atoms with Crippen molar-refractivity contribution in [3.63, 3.8) is 0 Å². The monoisotopic (exact) mass is 424 g/mol. The highest BCUT2D eigenvalue weighted by Crippen LogP contribution is 2.40. The van der Waals surface area contributed by atoms with Gasteiger partial charge in [-0.1, -0.05) is 24.6 Å². The molecule has 4 nitrogen and oxygen atoms in total. The Kier molecular flexibility index (Phi) is 6.54. The molecule has 3 fully saturated rings. The Morgan fingerprint density at radius 3 is 2.52 bits per heavy atom. The first-order valence-electron chi connectivity index (χ1n) is 12.9. The summed E-state index contributed by atoms with van der Waals surface area (Å²) >= 11 is 0.